The molecular weight excluding hydrogens is 408 g/mol. The largest absolute Gasteiger partial charge is 0.497 e. The van der Waals surface area contributed by atoms with Gasteiger partial charge in [-0.15, -0.1) is 4.83 Å². The van der Waals surface area contributed by atoms with Crippen LogP contribution in [-0.2, 0) is 26.2 Å². The van der Waals surface area contributed by atoms with Crippen LogP contribution in [-0.4, -0.2) is 37.3 Å². The van der Waals surface area contributed by atoms with Gasteiger partial charge in [0.2, 0.25) is 0 Å². The number of amides is 2. The number of ether oxygens (including phenoxy) is 1. The van der Waals surface area contributed by atoms with E-state index in [1.165, 1.54) is 48.7 Å². The van der Waals surface area contributed by atoms with Crippen molar-refractivity contribution in [3.8, 4) is 5.75 Å². The van der Waals surface area contributed by atoms with Gasteiger partial charge in [-0.25, -0.2) is 8.42 Å². The molecule has 0 spiro atoms. The number of nitrogens with one attached hydrogen (secondary N) is 1. The first-order valence-corrected chi connectivity index (χ1v) is 10.3. The van der Waals surface area contributed by atoms with E-state index in [2.05, 4.69) is 4.83 Å². The maximum Gasteiger partial charge on any atom is 0.267 e. The van der Waals surface area contributed by atoms with Crippen molar-refractivity contribution in [2.24, 2.45) is 5.73 Å². The first-order valence-electron chi connectivity index (χ1n) is 8.80. The Hall–Kier alpha value is -3.63. The Morgan fingerprint density at radius 2 is 1.73 bits per heavy atom. The summed E-state index contributed by atoms with van der Waals surface area (Å²) in [6.07, 6.45) is 3.62. The van der Waals surface area contributed by atoms with Crippen LogP contribution in [0.2, 0.25) is 0 Å². The topological polar surface area (TPSA) is 122 Å². The molecule has 3 rings (SSSR count). The molecule has 0 saturated carbocycles. The van der Waals surface area contributed by atoms with Crippen LogP contribution in [0.1, 0.15) is 5.56 Å². The second-order valence-electron chi connectivity index (χ2n) is 6.28. The number of hydrogen-bond acceptors (Lipinski definition) is 6. The molecule has 0 aromatic heterocycles. The number of hydrazine groups is 1. The monoisotopic (exact) mass is 428 g/mol. The summed E-state index contributed by atoms with van der Waals surface area (Å²) in [6.45, 7) is 0.234. The SMILES string of the molecule is COc1ccc(S(=O)(=O)NN2C=CN(Cc3ccccc3)C(=O)C=C2C(N)=O)cc1. The van der Waals surface area contributed by atoms with Gasteiger partial charge in [-0.05, 0) is 29.8 Å². The van der Waals surface area contributed by atoms with Gasteiger partial charge in [-0.1, -0.05) is 30.3 Å². The Bertz CT molecular complexity index is 1100. The van der Waals surface area contributed by atoms with E-state index in [4.69, 9.17) is 10.5 Å². The predicted molar refractivity (Wildman–Crippen MR) is 109 cm³/mol. The van der Waals surface area contributed by atoms with Gasteiger partial charge in [0.1, 0.15) is 11.4 Å². The lowest BCUT2D eigenvalue weighted by molar-refractivity contribution is -0.124. The molecule has 0 bridgehead atoms. The van der Waals surface area contributed by atoms with Crippen LogP contribution < -0.4 is 15.3 Å². The summed E-state index contributed by atoms with van der Waals surface area (Å²) in [7, 11) is -2.61. The molecule has 30 heavy (non-hydrogen) atoms. The van der Waals surface area contributed by atoms with Crippen molar-refractivity contribution in [1.29, 1.82) is 0 Å². The predicted octanol–water partition coefficient (Wildman–Crippen LogP) is 1.07. The molecule has 0 radical (unpaired) electrons. The van der Waals surface area contributed by atoms with Crippen molar-refractivity contribution in [2.45, 2.75) is 11.4 Å². The standard InChI is InChI=1S/C20H20N4O5S/c1-29-16-7-9-17(10-8-16)30(27,28)22-24-12-11-23(14-15-5-3-2-4-6-15)19(25)13-18(24)20(21)26/h2-13,22H,14H2,1H3,(H2,21,26). The molecule has 9 nitrogen and oxygen atoms in total. The van der Waals surface area contributed by atoms with E-state index in [1.807, 2.05) is 30.3 Å². The highest BCUT2D eigenvalue weighted by Crippen LogP contribution is 2.18. The number of rotatable bonds is 7. The Morgan fingerprint density at radius 3 is 2.33 bits per heavy atom. The average molecular weight is 428 g/mol. The van der Waals surface area contributed by atoms with Gasteiger partial charge in [0.15, 0.2) is 0 Å². The van der Waals surface area contributed by atoms with Gasteiger partial charge < -0.3 is 15.4 Å². The molecule has 0 saturated heterocycles. The first-order chi connectivity index (χ1) is 14.3. The van der Waals surface area contributed by atoms with E-state index in [1.54, 1.807) is 0 Å². The van der Waals surface area contributed by atoms with Gasteiger partial charge >= 0.3 is 0 Å². The minimum Gasteiger partial charge on any atom is -0.497 e. The summed E-state index contributed by atoms with van der Waals surface area (Å²) in [5.41, 5.74) is 5.92. The van der Waals surface area contributed by atoms with E-state index >= 15 is 0 Å². The maximum atomic E-state index is 12.7. The Labute approximate surface area is 174 Å². The number of benzene rings is 2. The zero-order chi connectivity index (χ0) is 21.7. The number of sulfonamides is 1. The van der Waals surface area contributed by atoms with Crippen molar-refractivity contribution < 1.29 is 22.7 Å². The number of hydrogen-bond donors (Lipinski definition) is 2. The van der Waals surface area contributed by atoms with E-state index in [0.29, 0.717) is 5.75 Å². The van der Waals surface area contributed by atoms with Crippen LogP contribution in [0, 0.1) is 0 Å². The molecule has 0 atom stereocenters. The molecule has 2 aromatic rings. The van der Waals surface area contributed by atoms with Gasteiger partial charge in [-0.3, -0.25) is 14.6 Å². The number of carbonyl (C=O) groups excluding carboxylic acids is 2. The van der Waals surface area contributed by atoms with Gasteiger partial charge in [0, 0.05) is 18.5 Å². The third kappa shape index (κ3) is 4.85. The van der Waals surface area contributed by atoms with Crippen molar-refractivity contribution >= 4 is 21.8 Å². The molecular formula is C20H20N4O5S. The minimum absolute atomic E-state index is 0.0581. The fourth-order valence-electron chi connectivity index (χ4n) is 2.69. The van der Waals surface area contributed by atoms with Crippen LogP contribution in [0.25, 0.3) is 0 Å². The molecule has 3 N–H and O–H groups in total. The highest BCUT2D eigenvalue weighted by atomic mass is 32.2. The summed E-state index contributed by atoms with van der Waals surface area (Å²) in [5, 5.41) is 0.908. The summed E-state index contributed by atoms with van der Waals surface area (Å²) >= 11 is 0. The van der Waals surface area contributed by atoms with Crippen LogP contribution in [0.3, 0.4) is 0 Å². The second kappa shape index (κ2) is 8.80. The van der Waals surface area contributed by atoms with E-state index in [9.17, 15) is 18.0 Å². The molecule has 1 aliphatic heterocycles. The van der Waals surface area contributed by atoms with Crippen LogP contribution >= 0.6 is 0 Å². The van der Waals surface area contributed by atoms with E-state index in [0.717, 1.165) is 16.6 Å². The second-order valence-corrected chi connectivity index (χ2v) is 7.94. The molecule has 0 unspecified atom stereocenters. The van der Waals surface area contributed by atoms with E-state index < -0.39 is 21.8 Å². The smallest absolute Gasteiger partial charge is 0.267 e. The van der Waals surface area contributed by atoms with Crippen molar-refractivity contribution in [3.05, 3.63) is 84.3 Å². The normalized spacial score (nSPS) is 14.3. The number of primary amides is 1. The Balaban J connectivity index is 1.88. The van der Waals surface area contributed by atoms with Gasteiger partial charge in [-0.2, -0.15) is 0 Å². The van der Waals surface area contributed by atoms with Crippen molar-refractivity contribution in [1.82, 2.24) is 14.7 Å². The Morgan fingerprint density at radius 1 is 1.07 bits per heavy atom. The zero-order valence-electron chi connectivity index (χ0n) is 16.1. The molecule has 2 amide bonds. The van der Waals surface area contributed by atoms with Crippen LogP contribution in [0.15, 0.2) is 83.7 Å². The number of nitrogens with two attached hydrogens (primary N) is 1. The number of carbonyl (C=O) groups is 2. The van der Waals surface area contributed by atoms with Gasteiger partial charge in [0.05, 0.1) is 18.6 Å². The van der Waals surface area contributed by atoms with Crippen molar-refractivity contribution in [3.63, 3.8) is 0 Å². The highest BCUT2D eigenvalue weighted by Gasteiger charge is 2.25. The van der Waals surface area contributed by atoms with Crippen LogP contribution in [0.4, 0.5) is 0 Å². The summed E-state index contributed by atoms with van der Waals surface area (Å²) in [4.78, 5) is 28.0. The molecule has 0 aliphatic carbocycles. The zero-order valence-corrected chi connectivity index (χ0v) is 16.9. The van der Waals surface area contributed by atoms with Gasteiger partial charge in [0.25, 0.3) is 21.8 Å². The molecule has 1 heterocycles. The fourth-order valence-corrected chi connectivity index (χ4v) is 3.71. The number of nitrogens with zero attached hydrogens (tertiary/aromatic N) is 2. The first kappa shape index (κ1) is 21.1. The lowest BCUT2D eigenvalue weighted by Gasteiger charge is -2.21. The number of methoxy groups -OCH3 is 1. The molecule has 2 aromatic carbocycles. The molecule has 156 valence electrons. The van der Waals surface area contributed by atoms with E-state index in [-0.39, 0.29) is 17.1 Å². The summed E-state index contributed by atoms with van der Waals surface area (Å²) in [5.74, 6) is -0.995. The Kier molecular flexibility index (Phi) is 6.19. The average Bonchev–Trinajstić information content (AvgIpc) is 2.88. The van der Waals surface area contributed by atoms with Crippen molar-refractivity contribution in [2.75, 3.05) is 7.11 Å². The molecule has 10 heteroatoms. The molecule has 0 fully saturated rings. The lowest BCUT2D eigenvalue weighted by atomic mass is 10.2. The summed E-state index contributed by atoms with van der Waals surface area (Å²) < 4.78 is 30.5. The summed E-state index contributed by atoms with van der Waals surface area (Å²) in [6, 6.07) is 14.9. The highest BCUT2D eigenvalue weighted by molar-refractivity contribution is 7.89. The lowest BCUT2D eigenvalue weighted by Crippen LogP contribution is -2.41. The third-order valence-corrected chi connectivity index (χ3v) is 5.56. The third-order valence-electron chi connectivity index (χ3n) is 4.23. The quantitative estimate of drug-likeness (QED) is 0.680. The molecule has 1 aliphatic rings. The minimum atomic E-state index is -4.07. The van der Waals surface area contributed by atoms with Crippen LogP contribution in [0.5, 0.6) is 5.75 Å². The maximum absolute atomic E-state index is 12.7. The fraction of sp³-hybridized carbons (Fsp3) is 0.100.